The highest BCUT2D eigenvalue weighted by Gasteiger charge is 2.39. The Hall–Kier alpha value is -2.75. The van der Waals surface area contributed by atoms with Crippen molar-refractivity contribution < 1.29 is 45.6 Å². The number of sulfone groups is 1. The maximum Gasteiger partial charge on any atom is 0.407 e. The molecule has 5 N–H and O–H groups in total. The third kappa shape index (κ3) is 8.88. The van der Waals surface area contributed by atoms with Crippen LogP contribution in [0.15, 0.2) is 35.2 Å². The van der Waals surface area contributed by atoms with E-state index in [-0.39, 0.29) is 29.6 Å². The van der Waals surface area contributed by atoms with E-state index < -0.39 is 66.7 Å². The summed E-state index contributed by atoms with van der Waals surface area (Å²) in [4.78, 5) is 37.7. The highest BCUT2D eigenvalue weighted by molar-refractivity contribution is 7.92. The topological polar surface area (TPSA) is 205 Å². The molecule has 1 aliphatic heterocycles. The van der Waals surface area contributed by atoms with Gasteiger partial charge in [0, 0.05) is 12.5 Å². The van der Waals surface area contributed by atoms with Crippen LogP contribution in [0.1, 0.15) is 47.0 Å². The van der Waals surface area contributed by atoms with Gasteiger partial charge >= 0.3 is 6.09 Å². The number of hydrogen-bond acceptors (Lipinski definition) is 9. The third-order valence-electron chi connectivity index (χ3n) is 6.33. The van der Waals surface area contributed by atoms with Gasteiger partial charge in [-0.15, -0.1) is 0 Å². The highest BCUT2D eigenvalue weighted by Crippen LogP contribution is 2.26. The molecule has 1 fully saturated rings. The molecule has 4 atom stereocenters. The molecule has 220 valence electrons. The molecule has 0 spiro atoms. The second kappa shape index (κ2) is 13.1. The van der Waals surface area contributed by atoms with Crippen LogP contribution in [0.5, 0.6) is 0 Å². The van der Waals surface area contributed by atoms with Gasteiger partial charge in [0.2, 0.25) is 17.3 Å². The molecule has 3 amide bonds. The fourth-order valence-corrected chi connectivity index (χ4v) is 6.00. The first kappa shape index (κ1) is 32.5. The van der Waals surface area contributed by atoms with Crippen molar-refractivity contribution in [3.63, 3.8) is 0 Å². The molecule has 0 saturated carbocycles. The van der Waals surface area contributed by atoms with E-state index in [0.29, 0.717) is 13.0 Å². The lowest BCUT2D eigenvalue weighted by molar-refractivity contribution is -0.126. The van der Waals surface area contributed by atoms with Crippen molar-refractivity contribution in [1.29, 1.82) is 0 Å². The normalized spacial score (nSPS) is 18.6. The van der Waals surface area contributed by atoms with Gasteiger partial charge in [0.25, 0.3) is 10.1 Å². The van der Waals surface area contributed by atoms with Crippen LogP contribution in [-0.4, -0.2) is 79.8 Å². The zero-order chi connectivity index (χ0) is 29.6. The van der Waals surface area contributed by atoms with Crippen LogP contribution in [0.3, 0.4) is 0 Å². The molecule has 2 rings (SSSR count). The summed E-state index contributed by atoms with van der Waals surface area (Å²) in [6, 6.07) is 4.83. The monoisotopic (exact) mass is 591 g/mol. The highest BCUT2D eigenvalue weighted by atomic mass is 32.2. The average Bonchev–Trinajstić information content (AvgIpc) is 3.25. The van der Waals surface area contributed by atoms with E-state index in [4.69, 9.17) is 4.74 Å². The number of benzene rings is 1. The smallest absolute Gasteiger partial charge is 0.407 e. The molecule has 0 aromatic heterocycles. The van der Waals surface area contributed by atoms with Gasteiger partial charge in [-0.05, 0) is 51.2 Å². The van der Waals surface area contributed by atoms with Gasteiger partial charge in [-0.2, -0.15) is 8.42 Å². The lowest BCUT2D eigenvalue weighted by atomic mass is 9.97. The van der Waals surface area contributed by atoms with E-state index in [2.05, 4.69) is 16.0 Å². The lowest BCUT2D eigenvalue weighted by Gasteiger charge is -2.28. The van der Waals surface area contributed by atoms with E-state index in [9.17, 15) is 40.9 Å². The fraction of sp³-hybridized carbons (Fsp3) is 0.625. The van der Waals surface area contributed by atoms with E-state index in [0.717, 1.165) is 0 Å². The van der Waals surface area contributed by atoms with Crippen molar-refractivity contribution in [2.45, 2.75) is 74.1 Å². The van der Waals surface area contributed by atoms with Gasteiger partial charge in [-0.3, -0.25) is 14.1 Å². The lowest BCUT2D eigenvalue weighted by Crippen LogP contribution is -2.55. The number of alkyl carbamates (subject to hydrolysis) is 1. The first-order chi connectivity index (χ1) is 18.0. The van der Waals surface area contributed by atoms with Gasteiger partial charge in [0.1, 0.15) is 17.4 Å². The van der Waals surface area contributed by atoms with E-state index in [1.165, 1.54) is 26.0 Å². The van der Waals surface area contributed by atoms with Crippen LogP contribution >= 0.6 is 0 Å². The number of carbonyl (C=O) groups excluding carboxylic acids is 3. The first-order valence-corrected chi connectivity index (χ1v) is 15.4. The SMILES string of the molecule is CC(C)C[C@H](NC(=O)OCC(C)(C)S(=O)(=O)c1ccccc1)C(=O)N[C@@H](C[C@@H]1CCNC1=O)[C@@H](O)S(=O)(=O)O. The Morgan fingerprint density at radius 1 is 1.13 bits per heavy atom. The number of hydrogen-bond donors (Lipinski definition) is 5. The number of amides is 3. The Labute approximate surface area is 228 Å². The number of ether oxygens (including phenoxy) is 1. The molecule has 0 unspecified atom stereocenters. The van der Waals surface area contributed by atoms with Crippen LogP contribution in [0.25, 0.3) is 0 Å². The molecule has 15 heteroatoms. The number of nitrogens with one attached hydrogen (secondary N) is 3. The summed E-state index contributed by atoms with van der Waals surface area (Å²) < 4.78 is 62.2. The van der Waals surface area contributed by atoms with Crippen LogP contribution in [0.4, 0.5) is 4.79 Å². The number of aliphatic hydroxyl groups excluding tert-OH is 1. The summed E-state index contributed by atoms with van der Waals surface area (Å²) in [5.74, 6) is -2.11. The second-order valence-corrected chi connectivity index (χ2v) is 14.6. The van der Waals surface area contributed by atoms with Gasteiger partial charge < -0.3 is 25.8 Å². The molecule has 13 nitrogen and oxygen atoms in total. The van der Waals surface area contributed by atoms with Crippen LogP contribution in [0, 0.1) is 11.8 Å². The fourth-order valence-electron chi connectivity index (χ4n) is 4.04. The standard InChI is InChI=1S/C24H37N3O10S2/c1-15(2)12-18(21(29)26-19(22(30)39(34,35)36)13-16-10-11-25-20(16)28)27-23(31)37-14-24(3,4)38(32,33)17-8-6-5-7-9-17/h5-9,15-16,18-19,22,30H,10-14H2,1-4H3,(H,25,28)(H,26,29)(H,27,31)(H,34,35,36)/t16-,18-,19-,22-/m0/s1. The minimum Gasteiger partial charge on any atom is -0.448 e. The van der Waals surface area contributed by atoms with Crippen molar-refractivity contribution in [3.05, 3.63) is 30.3 Å². The maximum absolute atomic E-state index is 13.1. The summed E-state index contributed by atoms with van der Waals surface area (Å²) in [6.45, 7) is 6.11. The van der Waals surface area contributed by atoms with Gasteiger partial charge in [-0.25, -0.2) is 13.2 Å². The summed E-state index contributed by atoms with van der Waals surface area (Å²) in [6.07, 6.45) is -0.951. The predicted octanol–water partition coefficient (Wildman–Crippen LogP) is 0.597. The molecular weight excluding hydrogens is 554 g/mol. The molecule has 0 bridgehead atoms. The maximum atomic E-state index is 13.1. The zero-order valence-electron chi connectivity index (χ0n) is 22.3. The van der Waals surface area contributed by atoms with Crippen LogP contribution in [0.2, 0.25) is 0 Å². The zero-order valence-corrected chi connectivity index (χ0v) is 23.9. The van der Waals surface area contributed by atoms with Gasteiger partial charge in [0.15, 0.2) is 9.84 Å². The summed E-state index contributed by atoms with van der Waals surface area (Å²) in [7, 11) is -8.88. The summed E-state index contributed by atoms with van der Waals surface area (Å²) in [5.41, 5.74) is -2.41. The van der Waals surface area contributed by atoms with Crippen molar-refractivity contribution in [2.75, 3.05) is 13.2 Å². The predicted molar refractivity (Wildman–Crippen MR) is 141 cm³/mol. The Morgan fingerprint density at radius 3 is 2.26 bits per heavy atom. The summed E-state index contributed by atoms with van der Waals surface area (Å²) in [5, 5.41) is 17.4. The van der Waals surface area contributed by atoms with E-state index in [1.54, 1.807) is 32.0 Å². The largest absolute Gasteiger partial charge is 0.448 e. The van der Waals surface area contributed by atoms with Gasteiger partial charge in [0.05, 0.1) is 10.9 Å². The average molecular weight is 592 g/mol. The first-order valence-electron chi connectivity index (χ1n) is 12.4. The van der Waals surface area contributed by atoms with Crippen LogP contribution in [-0.2, 0) is 34.3 Å². The molecular formula is C24H37N3O10S2. The molecule has 1 saturated heterocycles. The van der Waals surface area contributed by atoms with Crippen molar-refractivity contribution in [2.24, 2.45) is 11.8 Å². The molecule has 1 aromatic rings. The molecule has 0 radical (unpaired) electrons. The van der Waals surface area contributed by atoms with Crippen molar-refractivity contribution in [3.8, 4) is 0 Å². The Morgan fingerprint density at radius 2 is 1.74 bits per heavy atom. The number of carbonyl (C=O) groups is 3. The number of rotatable bonds is 13. The number of aliphatic hydroxyl groups is 1. The van der Waals surface area contributed by atoms with Crippen molar-refractivity contribution >= 4 is 37.9 Å². The molecule has 0 aliphatic carbocycles. The van der Waals surface area contributed by atoms with E-state index >= 15 is 0 Å². The minimum absolute atomic E-state index is 0.0513. The molecule has 39 heavy (non-hydrogen) atoms. The molecule has 1 heterocycles. The molecule has 1 aromatic carbocycles. The Bertz CT molecular complexity index is 1230. The molecule has 1 aliphatic rings. The van der Waals surface area contributed by atoms with E-state index in [1.807, 2.05) is 0 Å². The Balaban J connectivity index is 2.13. The van der Waals surface area contributed by atoms with Crippen LogP contribution < -0.4 is 16.0 Å². The minimum atomic E-state index is -5.00. The summed E-state index contributed by atoms with van der Waals surface area (Å²) >= 11 is 0. The quantitative estimate of drug-likeness (QED) is 0.202. The third-order valence-corrected chi connectivity index (χ3v) is 9.73. The van der Waals surface area contributed by atoms with Gasteiger partial charge in [-0.1, -0.05) is 32.0 Å². The van der Waals surface area contributed by atoms with Crippen molar-refractivity contribution in [1.82, 2.24) is 16.0 Å². The Kier molecular flexibility index (Phi) is 10.9. The second-order valence-electron chi connectivity index (χ2n) is 10.5.